The maximum atomic E-state index is 12.0. The zero-order chi connectivity index (χ0) is 23.5. The summed E-state index contributed by atoms with van der Waals surface area (Å²) in [5.41, 5.74) is 4.41. The molecule has 1 aliphatic rings. The molecule has 1 amide bonds. The first-order valence-corrected chi connectivity index (χ1v) is 11.5. The van der Waals surface area contributed by atoms with Crippen LogP contribution in [0.2, 0.25) is 0 Å². The van der Waals surface area contributed by atoms with Crippen LogP contribution in [0, 0.1) is 0 Å². The molecule has 3 rings (SSSR count). The maximum Gasteiger partial charge on any atom is 0.239 e. The molecule has 176 valence electrons. The number of hydrogen-bond donors (Lipinski definition) is 3. The number of carbonyl (C=O) groups is 1. The molecule has 1 heterocycles. The van der Waals surface area contributed by atoms with Crippen LogP contribution in [0.3, 0.4) is 0 Å². The van der Waals surface area contributed by atoms with Crippen molar-refractivity contribution in [1.82, 2.24) is 10.6 Å². The van der Waals surface area contributed by atoms with Crippen molar-refractivity contribution >= 4 is 11.6 Å². The molecule has 1 atom stereocenters. The van der Waals surface area contributed by atoms with E-state index in [2.05, 4.69) is 62.6 Å². The molecule has 6 heteroatoms. The molecule has 0 fully saturated rings. The minimum atomic E-state index is -0.259. The lowest BCUT2D eigenvalue weighted by atomic mass is 10.0. The molecular formula is C26H39N3O3. The number of anilines is 1. The molecule has 3 N–H and O–H groups in total. The highest BCUT2D eigenvalue weighted by Crippen LogP contribution is 2.28. The normalized spacial score (nSPS) is 15.8. The van der Waals surface area contributed by atoms with Gasteiger partial charge in [-0.1, -0.05) is 64.4 Å². The average molecular weight is 442 g/mol. The fraction of sp³-hybridized carbons (Fsp3) is 0.500. The third-order valence-corrected chi connectivity index (χ3v) is 5.04. The molecule has 0 saturated heterocycles. The van der Waals surface area contributed by atoms with Crippen LogP contribution in [0.4, 0.5) is 5.69 Å². The number of nitrogens with one attached hydrogen (secondary N) is 2. The van der Waals surface area contributed by atoms with Gasteiger partial charge in [-0.15, -0.1) is 0 Å². The number of likely N-dealkylation sites (N-methyl/N-ethyl adjacent to an activating group) is 1. The van der Waals surface area contributed by atoms with Crippen molar-refractivity contribution in [3.63, 3.8) is 0 Å². The van der Waals surface area contributed by atoms with Crippen LogP contribution in [0.5, 0.6) is 5.75 Å². The minimum Gasteiger partial charge on any atom is -0.489 e. The van der Waals surface area contributed by atoms with E-state index in [1.54, 1.807) is 0 Å². The molecule has 0 bridgehead atoms. The number of aliphatic hydroxyl groups excluding tert-OH is 1. The average Bonchev–Trinajstić information content (AvgIpc) is 2.76. The quantitative estimate of drug-likeness (QED) is 0.612. The Bertz CT molecular complexity index is 837. The van der Waals surface area contributed by atoms with Gasteiger partial charge < -0.3 is 25.4 Å². The molecule has 2 aromatic rings. The molecule has 32 heavy (non-hydrogen) atoms. The number of fused-ring (bicyclic) bond motifs is 1. The summed E-state index contributed by atoms with van der Waals surface area (Å²) < 4.78 is 6.00. The summed E-state index contributed by atoms with van der Waals surface area (Å²) in [4.78, 5) is 14.0. The number of benzene rings is 2. The van der Waals surface area contributed by atoms with Gasteiger partial charge >= 0.3 is 0 Å². The van der Waals surface area contributed by atoms with Gasteiger partial charge in [0.05, 0.1) is 19.2 Å². The van der Waals surface area contributed by atoms with Gasteiger partial charge in [0.2, 0.25) is 5.91 Å². The highest BCUT2D eigenvalue weighted by atomic mass is 16.5. The van der Waals surface area contributed by atoms with Gasteiger partial charge in [0.25, 0.3) is 0 Å². The third-order valence-electron chi connectivity index (χ3n) is 5.04. The Kier molecular flexibility index (Phi) is 10.5. The van der Waals surface area contributed by atoms with Crippen LogP contribution in [-0.4, -0.2) is 43.3 Å². The van der Waals surface area contributed by atoms with Gasteiger partial charge in [-0.05, 0) is 29.2 Å². The van der Waals surface area contributed by atoms with Crippen LogP contribution in [-0.2, 0) is 24.4 Å². The van der Waals surface area contributed by atoms with Crippen LogP contribution in [0.1, 0.15) is 50.8 Å². The Hall–Kier alpha value is -2.57. The van der Waals surface area contributed by atoms with E-state index in [1.165, 1.54) is 12.0 Å². The second-order valence-electron chi connectivity index (χ2n) is 8.65. The molecule has 0 aliphatic carbocycles. The van der Waals surface area contributed by atoms with Crippen LogP contribution in [0.25, 0.3) is 0 Å². The van der Waals surface area contributed by atoms with Crippen LogP contribution < -0.4 is 20.3 Å². The Morgan fingerprint density at radius 2 is 1.81 bits per heavy atom. The van der Waals surface area contributed by atoms with Crippen molar-refractivity contribution in [2.75, 3.05) is 25.1 Å². The SMILES string of the molecule is CC(C)NCc1ccc(COc2ccc3c(c2)N(C)CC(=O)NC(CO)C3)cc1.CCC. The lowest BCUT2D eigenvalue weighted by Gasteiger charge is -2.28. The first-order chi connectivity index (χ1) is 15.4. The largest absolute Gasteiger partial charge is 0.489 e. The van der Waals surface area contributed by atoms with Crippen molar-refractivity contribution in [3.8, 4) is 5.75 Å². The Balaban J connectivity index is 0.00000114. The molecular weight excluding hydrogens is 402 g/mol. The van der Waals surface area contributed by atoms with Crippen molar-refractivity contribution < 1.29 is 14.6 Å². The zero-order valence-electron chi connectivity index (χ0n) is 20.1. The zero-order valence-corrected chi connectivity index (χ0v) is 20.1. The predicted molar refractivity (Wildman–Crippen MR) is 131 cm³/mol. The number of ether oxygens (including phenoxy) is 1. The number of amides is 1. The fourth-order valence-corrected chi connectivity index (χ4v) is 3.40. The maximum absolute atomic E-state index is 12.0. The summed E-state index contributed by atoms with van der Waals surface area (Å²) in [5.74, 6) is 0.679. The lowest BCUT2D eigenvalue weighted by molar-refractivity contribution is -0.120. The summed E-state index contributed by atoms with van der Waals surface area (Å²) in [7, 11) is 1.89. The standard InChI is InChI=1S/C23H31N3O3.C3H8/c1-16(2)24-12-17-4-6-18(7-5-17)15-29-21-9-8-19-10-20(14-27)25-23(28)13-26(3)22(19)11-21;1-3-2/h4-9,11,16,20,24,27H,10,12-15H2,1-3H3,(H,25,28);3H2,1-2H3. The number of rotatable bonds is 7. The summed E-state index contributed by atoms with van der Waals surface area (Å²) in [6.45, 7) is 10.0. The summed E-state index contributed by atoms with van der Waals surface area (Å²) >= 11 is 0. The number of hydrogen-bond acceptors (Lipinski definition) is 5. The molecule has 0 spiro atoms. The van der Waals surface area contributed by atoms with E-state index in [4.69, 9.17) is 4.74 Å². The summed E-state index contributed by atoms with van der Waals surface area (Å²) in [5, 5.41) is 15.8. The molecule has 0 aromatic heterocycles. The minimum absolute atomic E-state index is 0.0736. The van der Waals surface area contributed by atoms with E-state index in [0.29, 0.717) is 19.1 Å². The van der Waals surface area contributed by atoms with Crippen molar-refractivity contribution in [1.29, 1.82) is 0 Å². The summed E-state index contributed by atoms with van der Waals surface area (Å²) in [6, 6.07) is 14.6. The molecule has 1 aliphatic heterocycles. The van der Waals surface area contributed by atoms with Gasteiger partial charge in [0.1, 0.15) is 12.4 Å². The van der Waals surface area contributed by atoms with Crippen molar-refractivity contribution in [3.05, 3.63) is 59.2 Å². The van der Waals surface area contributed by atoms with Crippen LogP contribution in [0.15, 0.2) is 42.5 Å². The van der Waals surface area contributed by atoms with E-state index in [9.17, 15) is 9.90 Å². The lowest BCUT2D eigenvalue weighted by Crippen LogP contribution is -2.46. The Labute approximate surface area is 193 Å². The van der Waals surface area contributed by atoms with E-state index in [-0.39, 0.29) is 25.1 Å². The molecule has 1 unspecified atom stereocenters. The van der Waals surface area contributed by atoms with E-state index in [1.807, 2.05) is 30.1 Å². The predicted octanol–water partition coefficient (Wildman–Crippen LogP) is 3.65. The molecule has 0 radical (unpaired) electrons. The van der Waals surface area contributed by atoms with E-state index < -0.39 is 0 Å². The van der Waals surface area contributed by atoms with Crippen molar-refractivity contribution in [2.45, 2.75) is 65.8 Å². The second kappa shape index (κ2) is 13.1. The smallest absolute Gasteiger partial charge is 0.239 e. The topological polar surface area (TPSA) is 73.8 Å². The highest BCUT2D eigenvalue weighted by molar-refractivity contribution is 5.82. The fourth-order valence-electron chi connectivity index (χ4n) is 3.40. The third kappa shape index (κ3) is 8.17. The van der Waals surface area contributed by atoms with Gasteiger partial charge in [-0.25, -0.2) is 0 Å². The monoisotopic (exact) mass is 441 g/mol. The number of carbonyl (C=O) groups excluding carboxylic acids is 1. The Morgan fingerprint density at radius 3 is 2.44 bits per heavy atom. The Morgan fingerprint density at radius 1 is 1.16 bits per heavy atom. The first kappa shape index (κ1) is 25.7. The van der Waals surface area contributed by atoms with Gasteiger partial charge in [-0.2, -0.15) is 0 Å². The van der Waals surface area contributed by atoms with E-state index in [0.717, 1.165) is 29.1 Å². The highest BCUT2D eigenvalue weighted by Gasteiger charge is 2.21. The second-order valence-corrected chi connectivity index (χ2v) is 8.65. The van der Waals surface area contributed by atoms with Gasteiger partial charge in [0.15, 0.2) is 0 Å². The number of nitrogens with zero attached hydrogens (tertiary/aromatic N) is 1. The van der Waals surface area contributed by atoms with Gasteiger partial charge in [0, 0.05) is 31.4 Å². The summed E-state index contributed by atoms with van der Waals surface area (Å²) in [6.07, 6.45) is 1.84. The molecule has 2 aromatic carbocycles. The van der Waals surface area contributed by atoms with Crippen molar-refractivity contribution in [2.24, 2.45) is 0 Å². The molecule has 0 saturated carbocycles. The van der Waals surface area contributed by atoms with E-state index >= 15 is 0 Å². The number of aliphatic hydroxyl groups is 1. The molecule has 6 nitrogen and oxygen atoms in total. The first-order valence-electron chi connectivity index (χ1n) is 11.5. The van der Waals surface area contributed by atoms with Crippen LogP contribution >= 0.6 is 0 Å². The van der Waals surface area contributed by atoms with Gasteiger partial charge in [-0.3, -0.25) is 4.79 Å².